The maximum Gasteiger partial charge on any atom is 0.303 e. The van der Waals surface area contributed by atoms with Crippen molar-refractivity contribution in [2.75, 3.05) is 0 Å². The van der Waals surface area contributed by atoms with Gasteiger partial charge in [0.2, 0.25) is 5.91 Å². The molecule has 1 atom stereocenters. The first-order valence-electron chi connectivity index (χ1n) is 5.61. The quantitative estimate of drug-likeness (QED) is 0.757. The Morgan fingerprint density at radius 3 is 2.82 bits per heavy atom. The van der Waals surface area contributed by atoms with Crippen LogP contribution in [-0.4, -0.2) is 23.0 Å². The molecule has 1 unspecified atom stereocenters. The molecular weight excluding hydrogens is 222 g/mol. The molecule has 1 amide bonds. The van der Waals surface area contributed by atoms with E-state index in [0.29, 0.717) is 0 Å². The van der Waals surface area contributed by atoms with E-state index in [-0.39, 0.29) is 24.8 Å². The number of aryl methyl sites for hydroxylation is 1. The van der Waals surface area contributed by atoms with E-state index in [0.717, 1.165) is 18.6 Å². The molecule has 0 radical (unpaired) electrons. The van der Waals surface area contributed by atoms with E-state index in [9.17, 15) is 9.59 Å². The van der Waals surface area contributed by atoms with Gasteiger partial charge in [-0.2, -0.15) is 0 Å². The molecule has 5 heteroatoms. The average Bonchev–Trinajstić information content (AvgIpc) is 2.76. The number of carbonyl (C=O) groups excluding carboxylic acids is 1. The highest BCUT2D eigenvalue weighted by atomic mass is 16.4. The van der Waals surface area contributed by atoms with Crippen molar-refractivity contribution in [1.82, 2.24) is 5.32 Å². The number of furan rings is 1. The van der Waals surface area contributed by atoms with Gasteiger partial charge in [0.15, 0.2) is 0 Å². The lowest BCUT2D eigenvalue weighted by atomic mass is 10.1. The predicted molar refractivity (Wildman–Crippen MR) is 61.5 cm³/mol. The largest absolute Gasteiger partial charge is 0.481 e. The second-order valence-electron chi connectivity index (χ2n) is 3.98. The summed E-state index contributed by atoms with van der Waals surface area (Å²) in [5.74, 6) is -0.292. The average molecular weight is 239 g/mol. The van der Waals surface area contributed by atoms with Gasteiger partial charge in [0, 0.05) is 18.9 Å². The molecule has 2 N–H and O–H groups in total. The van der Waals surface area contributed by atoms with Crippen molar-refractivity contribution in [3.05, 3.63) is 24.2 Å². The van der Waals surface area contributed by atoms with Crippen LogP contribution in [0.4, 0.5) is 0 Å². The summed E-state index contributed by atoms with van der Waals surface area (Å²) >= 11 is 0. The van der Waals surface area contributed by atoms with E-state index < -0.39 is 5.97 Å². The summed E-state index contributed by atoms with van der Waals surface area (Å²) in [6.45, 7) is 1.89. The summed E-state index contributed by atoms with van der Waals surface area (Å²) in [5, 5.41) is 11.2. The Morgan fingerprint density at radius 2 is 2.24 bits per heavy atom. The van der Waals surface area contributed by atoms with Crippen LogP contribution < -0.4 is 5.32 Å². The van der Waals surface area contributed by atoms with Crippen LogP contribution in [0.15, 0.2) is 22.8 Å². The molecule has 0 saturated heterocycles. The number of carboxylic acids is 1. The highest BCUT2D eigenvalue weighted by Gasteiger charge is 2.09. The van der Waals surface area contributed by atoms with Crippen LogP contribution >= 0.6 is 0 Å². The fourth-order valence-corrected chi connectivity index (χ4v) is 1.45. The molecule has 0 aliphatic heterocycles. The van der Waals surface area contributed by atoms with E-state index in [4.69, 9.17) is 9.52 Å². The molecule has 0 aliphatic rings. The Hall–Kier alpha value is -1.78. The molecule has 0 spiro atoms. The standard InChI is InChI=1S/C12H17NO4/c1-9(4-5-10-3-2-8-17-10)13-11(14)6-7-12(15)16/h2-3,8-9H,4-7H2,1H3,(H,13,14)(H,15,16). The van der Waals surface area contributed by atoms with E-state index in [2.05, 4.69) is 5.32 Å². The molecule has 0 saturated carbocycles. The van der Waals surface area contributed by atoms with Gasteiger partial charge >= 0.3 is 5.97 Å². The monoisotopic (exact) mass is 239 g/mol. The fourth-order valence-electron chi connectivity index (χ4n) is 1.45. The summed E-state index contributed by atoms with van der Waals surface area (Å²) < 4.78 is 5.18. The number of amides is 1. The minimum atomic E-state index is -0.955. The molecule has 1 aromatic heterocycles. The van der Waals surface area contributed by atoms with Crippen molar-refractivity contribution in [1.29, 1.82) is 0 Å². The number of aliphatic carboxylic acids is 1. The van der Waals surface area contributed by atoms with Crippen LogP contribution in [0.5, 0.6) is 0 Å². The van der Waals surface area contributed by atoms with Gasteiger partial charge in [-0.25, -0.2) is 0 Å². The molecule has 5 nitrogen and oxygen atoms in total. The Kier molecular flexibility index (Phi) is 5.26. The fraction of sp³-hybridized carbons (Fsp3) is 0.500. The van der Waals surface area contributed by atoms with E-state index >= 15 is 0 Å². The van der Waals surface area contributed by atoms with Crippen LogP contribution in [0.2, 0.25) is 0 Å². The van der Waals surface area contributed by atoms with Crippen molar-refractivity contribution in [3.63, 3.8) is 0 Å². The zero-order chi connectivity index (χ0) is 12.7. The van der Waals surface area contributed by atoms with Gasteiger partial charge in [0.25, 0.3) is 0 Å². The minimum Gasteiger partial charge on any atom is -0.481 e. The third kappa shape index (κ3) is 5.75. The molecule has 1 aromatic rings. The second kappa shape index (κ2) is 6.73. The zero-order valence-electron chi connectivity index (χ0n) is 9.81. The Balaban J connectivity index is 2.17. The van der Waals surface area contributed by atoms with Crippen molar-refractivity contribution in [2.45, 2.75) is 38.6 Å². The van der Waals surface area contributed by atoms with Crippen LogP contribution in [0.3, 0.4) is 0 Å². The van der Waals surface area contributed by atoms with Crippen LogP contribution in [0, 0.1) is 0 Å². The first-order chi connectivity index (χ1) is 8.08. The van der Waals surface area contributed by atoms with E-state index in [1.165, 1.54) is 0 Å². The molecule has 17 heavy (non-hydrogen) atoms. The maximum atomic E-state index is 11.3. The van der Waals surface area contributed by atoms with Crippen molar-refractivity contribution < 1.29 is 19.1 Å². The van der Waals surface area contributed by atoms with Gasteiger partial charge in [-0.1, -0.05) is 0 Å². The third-order valence-corrected chi connectivity index (χ3v) is 2.38. The minimum absolute atomic E-state index is 0.0152. The second-order valence-corrected chi connectivity index (χ2v) is 3.98. The third-order valence-electron chi connectivity index (χ3n) is 2.38. The summed E-state index contributed by atoms with van der Waals surface area (Å²) in [6.07, 6.45) is 3.04. The van der Waals surface area contributed by atoms with Gasteiger partial charge in [-0.15, -0.1) is 0 Å². The van der Waals surface area contributed by atoms with Gasteiger partial charge in [0.1, 0.15) is 5.76 Å². The van der Waals surface area contributed by atoms with Crippen LogP contribution in [-0.2, 0) is 16.0 Å². The summed E-state index contributed by atoms with van der Waals surface area (Å²) in [6, 6.07) is 3.73. The lowest BCUT2D eigenvalue weighted by Crippen LogP contribution is -2.33. The maximum absolute atomic E-state index is 11.3. The SMILES string of the molecule is CC(CCc1ccco1)NC(=O)CCC(=O)O. The van der Waals surface area contributed by atoms with Crippen molar-refractivity contribution >= 4 is 11.9 Å². The summed E-state index contributed by atoms with van der Waals surface area (Å²) in [4.78, 5) is 21.6. The molecular formula is C12H17NO4. The topological polar surface area (TPSA) is 79.5 Å². The first kappa shape index (κ1) is 13.3. The Morgan fingerprint density at radius 1 is 1.47 bits per heavy atom. The van der Waals surface area contributed by atoms with E-state index in [1.807, 2.05) is 19.1 Å². The van der Waals surface area contributed by atoms with Crippen molar-refractivity contribution in [3.8, 4) is 0 Å². The van der Waals surface area contributed by atoms with E-state index in [1.54, 1.807) is 6.26 Å². The normalized spacial score (nSPS) is 12.1. The van der Waals surface area contributed by atoms with Gasteiger partial charge in [0.05, 0.1) is 12.7 Å². The zero-order valence-corrected chi connectivity index (χ0v) is 9.81. The van der Waals surface area contributed by atoms with Crippen LogP contribution in [0.1, 0.15) is 31.9 Å². The number of hydrogen-bond acceptors (Lipinski definition) is 3. The first-order valence-corrected chi connectivity index (χ1v) is 5.61. The molecule has 94 valence electrons. The highest BCUT2D eigenvalue weighted by Crippen LogP contribution is 2.05. The highest BCUT2D eigenvalue weighted by molar-refractivity contribution is 5.80. The summed E-state index contributed by atoms with van der Waals surface area (Å²) in [5.41, 5.74) is 0. The predicted octanol–water partition coefficient (Wildman–Crippen LogP) is 1.58. The molecule has 0 aromatic carbocycles. The summed E-state index contributed by atoms with van der Waals surface area (Å²) in [7, 11) is 0. The molecule has 1 rings (SSSR count). The molecule has 1 heterocycles. The van der Waals surface area contributed by atoms with Gasteiger partial charge in [-0.05, 0) is 25.5 Å². The van der Waals surface area contributed by atoms with Crippen LogP contribution in [0.25, 0.3) is 0 Å². The lowest BCUT2D eigenvalue weighted by molar-refractivity contribution is -0.138. The Labute approximate surface area is 99.8 Å². The van der Waals surface area contributed by atoms with Gasteiger partial charge < -0.3 is 14.8 Å². The van der Waals surface area contributed by atoms with Crippen molar-refractivity contribution in [2.24, 2.45) is 0 Å². The number of rotatable bonds is 7. The number of carboxylic acid groups (broad SMARTS) is 1. The Bertz CT molecular complexity index is 359. The number of hydrogen-bond donors (Lipinski definition) is 2. The number of nitrogens with one attached hydrogen (secondary N) is 1. The smallest absolute Gasteiger partial charge is 0.303 e. The van der Waals surface area contributed by atoms with Gasteiger partial charge in [-0.3, -0.25) is 9.59 Å². The molecule has 0 bridgehead atoms. The molecule has 0 aliphatic carbocycles. The molecule has 0 fully saturated rings. The number of carbonyl (C=O) groups is 2. The lowest BCUT2D eigenvalue weighted by Gasteiger charge is -2.12.